The second-order valence-corrected chi connectivity index (χ2v) is 6.17. The zero-order valence-corrected chi connectivity index (χ0v) is 15.0. The molecule has 0 aliphatic heterocycles. The van der Waals surface area contributed by atoms with Crippen LogP contribution < -0.4 is 9.47 Å². The molecule has 0 aliphatic carbocycles. The highest BCUT2D eigenvalue weighted by molar-refractivity contribution is 5.85. The number of hydrogen-bond donors (Lipinski definition) is 1. The van der Waals surface area contributed by atoms with Crippen molar-refractivity contribution < 1.29 is 9.47 Å². The number of nitrogens with zero attached hydrogens (tertiary/aromatic N) is 5. The Kier molecular flexibility index (Phi) is 3.86. The Morgan fingerprint density at radius 2 is 2.04 bits per heavy atom. The van der Waals surface area contributed by atoms with Crippen LogP contribution in [0.1, 0.15) is 5.82 Å². The third-order valence-corrected chi connectivity index (χ3v) is 4.47. The zero-order valence-electron chi connectivity index (χ0n) is 15.0. The van der Waals surface area contributed by atoms with Crippen molar-refractivity contribution >= 4 is 16.6 Å². The Morgan fingerprint density at radius 1 is 1.07 bits per heavy atom. The van der Waals surface area contributed by atoms with Crippen molar-refractivity contribution in [3.63, 3.8) is 0 Å². The second kappa shape index (κ2) is 6.66. The van der Waals surface area contributed by atoms with Gasteiger partial charge in [0.2, 0.25) is 0 Å². The number of hydrogen-bond acceptors (Lipinski definition) is 6. The van der Waals surface area contributed by atoms with Crippen molar-refractivity contribution in [2.24, 2.45) is 0 Å². The molecule has 28 heavy (non-hydrogen) atoms. The standard InChI is InChI=1S/C20H16N6O2/c1-27-13-4-5-14-17(11-13)22-10-8-18(14)28-12-20-24-23-19-7-6-16(25-26(19)20)15-3-2-9-21-15/h2-11,21H,12H2,1H3. The van der Waals surface area contributed by atoms with Crippen LogP contribution in [0.25, 0.3) is 27.9 Å². The number of methoxy groups -OCH3 is 1. The van der Waals surface area contributed by atoms with Crippen molar-refractivity contribution in [2.75, 3.05) is 7.11 Å². The summed E-state index contributed by atoms with van der Waals surface area (Å²) in [4.78, 5) is 7.53. The molecule has 0 spiro atoms. The van der Waals surface area contributed by atoms with Crippen LogP contribution in [-0.4, -0.2) is 36.9 Å². The van der Waals surface area contributed by atoms with Crippen LogP contribution in [0, 0.1) is 0 Å². The van der Waals surface area contributed by atoms with E-state index in [0.29, 0.717) is 17.2 Å². The Labute approximate surface area is 159 Å². The number of aromatic amines is 1. The van der Waals surface area contributed by atoms with Gasteiger partial charge in [0, 0.05) is 23.8 Å². The van der Waals surface area contributed by atoms with E-state index >= 15 is 0 Å². The normalized spacial score (nSPS) is 11.2. The van der Waals surface area contributed by atoms with Crippen LogP contribution in [0.4, 0.5) is 0 Å². The van der Waals surface area contributed by atoms with Gasteiger partial charge in [-0.05, 0) is 42.5 Å². The lowest BCUT2D eigenvalue weighted by Gasteiger charge is -2.09. The highest BCUT2D eigenvalue weighted by atomic mass is 16.5. The molecule has 0 saturated heterocycles. The fraction of sp³-hybridized carbons (Fsp3) is 0.100. The van der Waals surface area contributed by atoms with Gasteiger partial charge in [0.1, 0.15) is 23.8 Å². The molecule has 0 atom stereocenters. The van der Waals surface area contributed by atoms with Gasteiger partial charge in [-0.15, -0.1) is 10.2 Å². The Balaban J connectivity index is 1.46. The number of pyridine rings is 1. The van der Waals surface area contributed by atoms with Gasteiger partial charge in [0.25, 0.3) is 0 Å². The molecule has 0 aliphatic rings. The van der Waals surface area contributed by atoms with Crippen LogP contribution in [-0.2, 0) is 6.61 Å². The minimum Gasteiger partial charge on any atom is -0.497 e. The molecule has 5 aromatic rings. The predicted molar refractivity (Wildman–Crippen MR) is 103 cm³/mol. The van der Waals surface area contributed by atoms with Crippen LogP contribution in [0.15, 0.2) is 60.9 Å². The number of benzene rings is 1. The van der Waals surface area contributed by atoms with Crippen LogP contribution >= 0.6 is 0 Å². The highest BCUT2D eigenvalue weighted by Gasteiger charge is 2.11. The van der Waals surface area contributed by atoms with E-state index in [9.17, 15) is 0 Å². The summed E-state index contributed by atoms with van der Waals surface area (Å²) in [7, 11) is 1.63. The van der Waals surface area contributed by atoms with E-state index in [0.717, 1.165) is 28.0 Å². The van der Waals surface area contributed by atoms with Gasteiger partial charge in [0.15, 0.2) is 11.5 Å². The monoisotopic (exact) mass is 372 g/mol. The smallest absolute Gasteiger partial charge is 0.192 e. The molecule has 0 bridgehead atoms. The molecule has 0 amide bonds. The summed E-state index contributed by atoms with van der Waals surface area (Å²) in [5, 5.41) is 13.9. The predicted octanol–water partition coefficient (Wildman–Crippen LogP) is 3.26. The summed E-state index contributed by atoms with van der Waals surface area (Å²) in [6.07, 6.45) is 3.57. The molecule has 138 valence electrons. The Hall–Kier alpha value is -3.94. The lowest BCUT2D eigenvalue weighted by atomic mass is 10.2. The molecule has 1 N–H and O–H groups in total. The SMILES string of the molecule is COc1ccc2c(OCc3nnc4ccc(-c5ccc[nH]5)nn34)ccnc2c1. The number of ether oxygens (including phenoxy) is 2. The van der Waals surface area contributed by atoms with Gasteiger partial charge in [-0.3, -0.25) is 4.98 Å². The first-order valence-electron chi connectivity index (χ1n) is 8.72. The molecule has 5 rings (SSSR count). The van der Waals surface area contributed by atoms with Crippen molar-refractivity contribution in [1.29, 1.82) is 0 Å². The second-order valence-electron chi connectivity index (χ2n) is 6.17. The van der Waals surface area contributed by atoms with Crippen LogP contribution in [0.2, 0.25) is 0 Å². The minimum atomic E-state index is 0.230. The number of H-pyrrole nitrogens is 1. The van der Waals surface area contributed by atoms with Gasteiger partial charge in [-0.25, -0.2) is 0 Å². The molecular weight excluding hydrogens is 356 g/mol. The van der Waals surface area contributed by atoms with E-state index in [4.69, 9.17) is 9.47 Å². The minimum absolute atomic E-state index is 0.230. The molecule has 0 unspecified atom stereocenters. The van der Waals surface area contributed by atoms with E-state index in [1.54, 1.807) is 17.8 Å². The number of rotatable bonds is 5. The van der Waals surface area contributed by atoms with E-state index < -0.39 is 0 Å². The van der Waals surface area contributed by atoms with Crippen molar-refractivity contribution in [3.8, 4) is 22.9 Å². The first-order chi connectivity index (χ1) is 13.8. The molecule has 4 heterocycles. The summed E-state index contributed by atoms with van der Waals surface area (Å²) in [5.74, 6) is 2.08. The Morgan fingerprint density at radius 3 is 2.89 bits per heavy atom. The lowest BCUT2D eigenvalue weighted by molar-refractivity contribution is 0.296. The fourth-order valence-corrected chi connectivity index (χ4v) is 3.05. The van der Waals surface area contributed by atoms with Crippen molar-refractivity contribution in [3.05, 3.63) is 66.7 Å². The third-order valence-electron chi connectivity index (χ3n) is 4.47. The van der Waals surface area contributed by atoms with Gasteiger partial charge >= 0.3 is 0 Å². The summed E-state index contributed by atoms with van der Waals surface area (Å²) in [6, 6.07) is 15.2. The van der Waals surface area contributed by atoms with E-state index in [2.05, 4.69) is 25.3 Å². The number of aromatic nitrogens is 6. The van der Waals surface area contributed by atoms with E-state index in [1.807, 2.05) is 54.7 Å². The maximum absolute atomic E-state index is 6.02. The average molecular weight is 372 g/mol. The van der Waals surface area contributed by atoms with Crippen LogP contribution in [0.3, 0.4) is 0 Å². The average Bonchev–Trinajstić information content (AvgIpc) is 3.41. The topological polar surface area (TPSA) is 90.2 Å². The molecule has 0 saturated carbocycles. The summed E-state index contributed by atoms with van der Waals surface area (Å²) >= 11 is 0. The van der Waals surface area contributed by atoms with E-state index in [1.165, 1.54) is 0 Å². The molecular formula is C20H16N6O2. The lowest BCUT2D eigenvalue weighted by Crippen LogP contribution is -2.05. The van der Waals surface area contributed by atoms with Crippen molar-refractivity contribution in [2.45, 2.75) is 6.61 Å². The van der Waals surface area contributed by atoms with Gasteiger partial charge in [-0.2, -0.15) is 9.61 Å². The first kappa shape index (κ1) is 16.2. The van der Waals surface area contributed by atoms with Gasteiger partial charge in [-0.1, -0.05) is 0 Å². The van der Waals surface area contributed by atoms with Crippen LogP contribution in [0.5, 0.6) is 11.5 Å². The molecule has 0 radical (unpaired) electrons. The summed E-state index contributed by atoms with van der Waals surface area (Å²) in [6.45, 7) is 0.230. The van der Waals surface area contributed by atoms with Gasteiger partial charge < -0.3 is 14.5 Å². The van der Waals surface area contributed by atoms with Crippen molar-refractivity contribution in [1.82, 2.24) is 29.8 Å². The summed E-state index contributed by atoms with van der Waals surface area (Å²) in [5.41, 5.74) is 3.20. The molecule has 4 aromatic heterocycles. The highest BCUT2D eigenvalue weighted by Crippen LogP contribution is 2.27. The molecule has 8 heteroatoms. The molecule has 1 aromatic carbocycles. The summed E-state index contributed by atoms with van der Waals surface area (Å²) < 4.78 is 13.0. The number of fused-ring (bicyclic) bond motifs is 2. The van der Waals surface area contributed by atoms with Gasteiger partial charge in [0.05, 0.1) is 18.3 Å². The zero-order chi connectivity index (χ0) is 18.9. The first-order valence-corrected chi connectivity index (χ1v) is 8.72. The molecule has 8 nitrogen and oxygen atoms in total. The maximum Gasteiger partial charge on any atom is 0.192 e. The van der Waals surface area contributed by atoms with E-state index in [-0.39, 0.29) is 6.61 Å². The number of nitrogens with one attached hydrogen (secondary N) is 1. The molecule has 0 fully saturated rings. The Bertz CT molecular complexity index is 1260. The third kappa shape index (κ3) is 2.81. The fourth-order valence-electron chi connectivity index (χ4n) is 3.05. The largest absolute Gasteiger partial charge is 0.497 e. The maximum atomic E-state index is 6.02. The quantitative estimate of drug-likeness (QED) is 0.509.